The lowest BCUT2D eigenvalue weighted by Crippen LogP contribution is -2.56. The van der Waals surface area contributed by atoms with Crippen LogP contribution < -0.4 is 0 Å². The molecule has 3 heterocycles. The summed E-state index contributed by atoms with van der Waals surface area (Å²) in [5.74, 6) is -11.5. The number of aliphatic hydroxyl groups is 2. The van der Waals surface area contributed by atoms with Crippen molar-refractivity contribution in [3.8, 4) is 0 Å². The van der Waals surface area contributed by atoms with E-state index in [0.717, 1.165) is 6.08 Å². The Hall–Kier alpha value is -6.06. The Morgan fingerprint density at radius 2 is 1.20 bits per heavy atom. The normalized spacial score (nSPS) is 26.8. The summed E-state index contributed by atoms with van der Waals surface area (Å²) in [5.41, 5.74) is -0.693. The molecule has 54 heavy (non-hydrogen) atoms. The first-order valence-corrected chi connectivity index (χ1v) is 17.2. The van der Waals surface area contributed by atoms with Crippen molar-refractivity contribution in [1.29, 1.82) is 0 Å². The third-order valence-electron chi connectivity index (χ3n) is 9.02. The van der Waals surface area contributed by atoms with Gasteiger partial charge >= 0.3 is 29.8 Å². The summed E-state index contributed by atoms with van der Waals surface area (Å²) in [6.07, 6.45) is 13.9. The van der Waals surface area contributed by atoms with Crippen molar-refractivity contribution in [3.05, 3.63) is 94.9 Å². The summed E-state index contributed by atoms with van der Waals surface area (Å²) in [5, 5.41) is 20.4. The van der Waals surface area contributed by atoms with Gasteiger partial charge in [0.1, 0.15) is 16.7 Å². The molecular weight excluding hydrogens is 712 g/mol. The van der Waals surface area contributed by atoms with Crippen molar-refractivity contribution in [3.63, 3.8) is 0 Å². The smallest absolute Gasteiger partial charge is 0.348 e. The summed E-state index contributed by atoms with van der Waals surface area (Å²) in [6.45, 7) is 8.52. The van der Waals surface area contributed by atoms with Crippen molar-refractivity contribution >= 4 is 36.3 Å². The molecule has 1 saturated carbocycles. The second-order valence-corrected chi connectivity index (χ2v) is 12.6. The summed E-state index contributed by atoms with van der Waals surface area (Å²) >= 11 is 0. The van der Waals surface area contributed by atoms with Crippen LogP contribution >= 0.6 is 0 Å². The highest BCUT2D eigenvalue weighted by Gasteiger charge is 2.56. The number of ether oxygens (including phenoxy) is 8. The molecule has 1 unspecified atom stereocenters. The quantitative estimate of drug-likeness (QED) is 0.0361. The summed E-state index contributed by atoms with van der Waals surface area (Å²) < 4.78 is 42.9. The maximum absolute atomic E-state index is 12.8. The number of carbonyl (C=O) groups is 6. The summed E-state index contributed by atoms with van der Waals surface area (Å²) in [6, 6.07) is 0. The predicted octanol–water partition coefficient (Wildman–Crippen LogP) is 5.20. The third kappa shape index (κ3) is 9.29. The van der Waals surface area contributed by atoms with Crippen LogP contribution in [0.3, 0.4) is 0 Å². The molecule has 1 atom stereocenters. The van der Waals surface area contributed by atoms with Gasteiger partial charge in [-0.3, -0.25) is 4.79 Å². The molecule has 16 heteroatoms. The van der Waals surface area contributed by atoms with E-state index in [0.29, 0.717) is 24.8 Å². The number of esters is 5. The van der Waals surface area contributed by atoms with Crippen molar-refractivity contribution in [1.82, 2.24) is 0 Å². The van der Waals surface area contributed by atoms with Crippen molar-refractivity contribution < 1.29 is 76.9 Å². The van der Waals surface area contributed by atoms with E-state index in [-0.39, 0.29) is 43.3 Å². The number of cyclic esters (lactones) is 1. The Labute approximate surface area is 310 Å². The zero-order valence-corrected chi connectivity index (χ0v) is 30.4. The number of carbonyl (C=O) groups excluding carboxylic acids is 6. The lowest BCUT2D eigenvalue weighted by Gasteiger charge is -2.45. The van der Waals surface area contributed by atoms with Crippen LogP contribution in [-0.2, 0) is 66.7 Å². The summed E-state index contributed by atoms with van der Waals surface area (Å²) in [7, 11) is 0. The highest BCUT2D eigenvalue weighted by atomic mass is 16.8. The van der Waals surface area contributed by atoms with Crippen LogP contribution in [0.15, 0.2) is 94.9 Å². The molecule has 4 rings (SSSR count). The first-order valence-electron chi connectivity index (χ1n) is 17.2. The molecule has 0 aromatic rings. The monoisotopic (exact) mass is 754 g/mol. The van der Waals surface area contributed by atoms with E-state index in [1.165, 1.54) is 61.6 Å². The molecule has 3 aliphatic heterocycles. The van der Waals surface area contributed by atoms with Gasteiger partial charge < -0.3 is 48.1 Å². The van der Waals surface area contributed by atoms with Crippen LogP contribution in [0.2, 0.25) is 0 Å². The number of allylic oxidation sites excluding steroid dienone is 10. The maximum atomic E-state index is 12.8. The second-order valence-electron chi connectivity index (χ2n) is 12.6. The molecule has 0 radical (unpaired) electrons. The fourth-order valence-electron chi connectivity index (χ4n) is 5.48. The van der Waals surface area contributed by atoms with E-state index in [9.17, 15) is 39.0 Å². The van der Waals surface area contributed by atoms with Gasteiger partial charge in [0.2, 0.25) is 0 Å². The molecule has 2 saturated heterocycles. The van der Waals surface area contributed by atoms with Gasteiger partial charge in [-0.2, -0.15) is 0 Å². The minimum Gasteiger partial charge on any atom is -0.481 e. The Morgan fingerprint density at radius 3 is 1.63 bits per heavy atom. The molecule has 4 aliphatic rings. The molecular formula is C38H42O16. The lowest BCUT2D eigenvalue weighted by molar-refractivity contribution is -0.291. The van der Waals surface area contributed by atoms with Gasteiger partial charge in [0.25, 0.3) is 41.5 Å². The molecule has 16 nitrogen and oxygen atoms in total. The highest BCUT2D eigenvalue weighted by Crippen LogP contribution is 2.45. The number of rotatable bonds is 13. The predicted molar refractivity (Wildman–Crippen MR) is 183 cm³/mol. The Balaban J connectivity index is 1.31. The van der Waals surface area contributed by atoms with E-state index < -0.39 is 70.5 Å². The second kappa shape index (κ2) is 16.7. The topological polar surface area (TPSA) is 217 Å². The SMILES string of the molecule is CCC1(C)OC(=O)C(/C=C/C=C/C=C2C(=O)OC3(CCC4(CC3)OC(=O)C(=C/C=C/C=C/C(C)=C(\O)OC(CC)(CC)OC=O)C(=O)O4)OC2=O)=C(O)O1. The average molecular weight is 755 g/mol. The third-order valence-corrected chi connectivity index (χ3v) is 9.02. The van der Waals surface area contributed by atoms with Gasteiger partial charge in [0, 0.05) is 57.4 Å². The molecule has 2 N–H and O–H groups in total. The Bertz CT molecular complexity index is 1750. The molecule has 0 aromatic heterocycles. The molecule has 0 bridgehead atoms. The van der Waals surface area contributed by atoms with Gasteiger partial charge in [-0.05, 0) is 25.2 Å². The van der Waals surface area contributed by atoms with E-state index >= 15 is 0 Å². The lowest BCUT2D eigenvalue weighted by atomic mass is 9.87. The van der Waals surface area contributed by atoms with Gasteiger partial charge in [-0.1, -0.05) is 63.3 Å². The number of hydrogen-bond acceptors (Lipinski definition) is 16. The molecule has 2 spiro atoms. The highest BCUT2D eigenvalue weighted by molar-refractivity contribution is 6.16. The van der Waals surface area contributed by atoms with Crippen LogP contribution in [0.1, 0.15) is 79.6 Å². The standard InChI is InChI=1S/C38H42O16/c1-6-35(5)48-29(41)25(30(42)49-35)16-13-10-14-18-27-33(45)53-38(54-34(27)46)21-19-37(20-22-38)51-31(43)26(32(44)52-37)17-12-9-11-15-24(4)28(40)50-36(7-2,8-3)47-23-39/h9-18,23,40-41H,6-8,19-22H2,1-5H3/b12-9+,14-10+,15-11+,16-13+,26-17?,27-18?,28-24+. The first-order chi connectivity index (χ1) is 25.6. The molecule has 1 aliphatic carbocycles. The zero-order valence-electron chi connectivity index (χ0n) is 30.4. The van der Waals surface area contributed by atoms with E-state index in [1.807, 2.05) is 0 Å². The number of aliphatic hydroxyl groups excluding tert-OH is 2. The van der Waals surface area contributed by atoms with Crippen molar-refractivity contribution in [2.24, 2.45) is 0 Å². The molecule has 0 aromatic carbocycles. The fourth-order valence-corrected chi connectivity index (χ4v) is 5.48. The largest absolute Gasteiger partial charge is 0.481 e. The molecule has 3 fully saturated rings. The van der Waals surface area contributed by atoms with Crippen LogP contribution in [0.25, 0.3) is 0 Å². The molecule has 0 amide bonds. The van der Waals surface area contributed by atoms with Crippen molar-refractivity contribution in [2.45, 2.75) is 103 Å². The fraction of sp³-hybridized carbons (Fsp3) is 0.421. The van der Waals surface area contributed by atoms with Gasteiger partial charge in [-0.15, -0.1) is 0 Å². The van der Waals surface area contributed by atoms with Gasteiger partial charge in [-0.25, -0.2) is 24.0 Å². The number of hydrogen-bond donors (Lipinski definition) is 2. The van der Waals surface area contributed by atoms with Crippen LogP contribution in [-0.4, -0.2) is 69.7 Å². The van der Waals surface area contributed by atoms with Gasteiger partial charge in [0.05, 0.1) is 0 Å². The molecule has 290 valence electrons. The van der Waals surface area contributed by atoms with Crippen LogP contribution in [0.4, 0.5) is 0 Å². The van der Waals surface area contributed by atoms with E-state index in [4.69, 9.17) is 37.9 Å². The van der Waals surface area contributed by atoms with Crippen LogP contribution in [0.5, 0.6) is 0 Å². The maximum Gasteiger partial charge on any atom is 0.348 e. The van der Waals surface area contributed by atoms with E-state index in [1.54, 1.807) is 27.7 Å². The summed E-state index contributed by atoms with van der Waals surface area (Å²) in [4.78, 5) is 74.4. The minimum atomic E-state index is -1.66. The zero-order chi connectivity index (χ0) is 39.7. The first kappa shape index (κ1) is 40.7. The average Bonchev–Trinajstić information content (AvgIpc) is 3.12. The minimum absolute atomic E-state index is 0.126. The van der Waals surface area contributed by atoms with Gasteiger partial charge in [0.15, 0.2) is 0 Å². The Kier molecular flexibility index (Phi) is 12.6. The van der Waals surface area contributed by atoms with Crippen LogP contribution in [0, 0.1) is 0 Å². The van der Waals surface area contributed by atoms with Crippen molar-refractivity contribution in [2.75, 3.05) is 0 Å². The van der Waals surface area contributed by atoms with E-state index in [2.05, 4.69) is 0 Å². The Morgan fingerprint density at radius 1 is 0.722 bits per heavy atom.